The Kier molecular flexibility index (Phi) is 3.79. The van der Waals surface area contributed by atoms with Gasteiger partial charge in [-0.25, -0.2) is 0 Å². The van der Waals surface area contributed by atoms with Crippen LogP contribution in [0, 0.1) is 0 Å². The van der Waals surface area contributed by atoms with Gasteiger partial charge < -0.3 is 10.2 Å². The van der Waals surface area contributed by atoms with Gasteiger partial charge in [0.15, 0.2) is 0 Å². The van der Waals surface area contributed by atoms with Gasteiger partial charge in [0.05, 0.1) is 0 Å². The summed E-state index contributed by atoms with van der Waals surface area (Å²) in [5.74, 6) is 0.251. The van der Waals surface area contributed by atoms with E-state index < -0.39 is 0 Å². The summed E-state index contributed by atoms with van der Waals surface area (Å²) in [5, 5.41) is 3.38. The van der Waals surface area contributed by atoms with Gasteiger partial charge in [-0.2, -0.15) is 0 Å². The number of amides is 1. The Labute approximate surface area is 121 Å². The van der Waals surface area contributed by atoms with E-state index in [0.29, 0.717) is 12.1 Å². The van der Waals surface area contributed by atoms with E-state index in [1.807, 2.05) is 12.1 Å². The number of carbonyl (C=O) groups is 1. The zero-order valence-corrected chi connectivity index (χ0v) is 12.5. The van der Waals surface area contributed by atoms with E-state index in [1.165, 1.54) is 11.1 Å². The van der Waals surface area contributed by atoms with Crippen LogP contribution in [0.25, 0.3) is 0 Å². The first-order valence-electron chi connectivity index (χ1n) is 7.86. The van der Waals surface area contributed by atoms with Crippen LogP contribution in [-0.4, -0.2) is 29.4 Å². The molecule has 3 nitrogen and oxygen atoms in total. The van der Waals surface area contributed by atoms with Gasteiger partial charge in [-0.05, 0) is 56.3 Å². The molecule has 0 aliphatic carbocycles. The molecule has 0 spiro atoms. The minimum absolute atomic E-state index is 0.251. The first-order chi connectivity index (χ1) is 9.72. The van der Waals surface area contributed by atoms with Crippen molar-refractivity contribution in [3.05, 3.63) is 34.9 Å². The zero-order valence-electron chi connectivity index (χ0n) is 12.5. The SMILES string of the molecule is CCC1CCC(C)N1C(=O)c1cccc2c1CCNC2. The number of hydrogen-bond donors (Lipinski definition) is 1. The maximum atomic E-state index is 13.0. The van der Waals surface area contributed by atoms with Gasteiger partial charge >= 0.3 is 0 Å². The molecule has 2 unspecified atom stereocenters. The lowest BCUT2D eigenvalue weighted by molar-refractivity contribution is 0.0675. The summed E-state index contributed by atoms with van der Waals surface area (Å²) in [5.41, 5.74) is 3.50. The first kappa shape index (κ1) is 13.6. The Morgan fingerprint density at radius 3 is 3.05 bits per heavy atom. The Morgan fingerprint density at radius 1 is 1.40 bits per heavy atom. The summed E-state index contributed by atoms with van der Waals surface area (Å²) >= 11 is 0. The van der Waals surface area contributed by atoms with E-state index in [-0.39, 0.29) is 5.91 Å². The quantitative estimate of drug-likeness (QED) is 0.898. The van der Waals surface area contributed by atoms with E-state index in [9.17, 15) is 4.79 Å². The van der Waals surface area contributed by atoms with Crippen molar-refractivity contribution in [2.75, 3.05) is 6.54 Å². The number of carbonyl (C=O) groups excluding carboxylic acids is 1. The molecule has 3 heteroatoms. The molecule has 0 radical (unpaired) electrons. The lowest BCUT2D eigenvalue weighted by Crippen LogP contribution is -2.40. The van der Waals surface area contributed by atoms with Gasteiger partial charge in [-0.15, -0.1) is 0 Å². The number of benzene rings is 1. The molecule has 2 atom stereocenters. The smallest absolute Gasteiger partial charge is 0.254 e. The van der Waals surface area contributed by atoms with Crippen LogP contribution in [0.1, 0.15) is 54.6 Å². The van der Waals surface area contributed by atoms with Crippen LogP contribution in [0.4, 0.5) is 0 Å². The van der Waals surface area contributed by atoms with Crippen LogP contribution < -0.4 is 5.32 Å². The average Bonchev–Trinajstić information content (AvgIpc) is 2.87. The minimum atomic E-state index is 0.251. The molecule has 0 aromatic heterocycles. The highest BCUT2D eigenvalue weighted by molar-refractivity contribution is 5.96. The lowest BCUT2D eigenvalue weighted by atomic mass is 9.94. The number of fused-ring (bicyclic) bond motifs is 1. The highest BCUT2D eigenvalue weighted by atomic mass is 16.2. The minimum Gasteiger partial charge on any atom is -0.333 e. The molecule has 1 fully saturated rings. The van der Waals surface area contributed by atoms with Crippen molar-refractivity contribution in [2.24, 2.45) is 0 Å². The Morgan fingerprint density at radius 2 is 2.25 bits per heavy atom. The summed E-state index contributed by atoms with van der Waals surface area (Å²) in [7, 11) is 0. The number of rotatable bonds is 2. The van der Waals surface area contributed by atoms with Gasteiger partial charge in [0.2, 0.25) is 0 Å². The molecular formula is C17H24N2O. The van der Waals surface area contributed by atoms with Crippen LogP contribution >= 0.6 is 0 Å². The molecule has 1 aromatic rings. The fourth-order valence-electron chi connectivity index (χ4n) is 3.71. The summed E-state index contributed by atoms with van der Waals surface area (Å²) in [4.78, 5) is 15.1. The van der Waals surface area contributed by atoms with Gasteiger partial charge in [0.1, 0.15) is 0 Å². The molecule has 1 aromatic carbocycles. The predicted octanol–water partition coefficient (Wildman–Crippen LogP) is 2.74. The van der Waals surface area contributed by atoms with Crippen molar-refractivity contribution in [2.45, 2.75) is 58.2 Å². The number of nitrogens with zero attached hydrogens (tertiary/aromatic N) is 1. The van der Waals surface area contributed by atoms with Crippen LogP contribution in [0.15, 0.2) is 18.2 Å². The summed E-state index contributed by atoms with van der Waals surface area (Å²) in [6.07, 6.45) is 4.32. The standard InChI is InChI=1S/C17H24N2O/c1-3-14-8-7-12(2)19(14)17(20)16-6-4-5-13-11-18-10-9-15(13)16/h4-6,12,14,18H,3,7-11H2,1-2H3. The second kappa shape index (κ2) is 5.57. The monoisotopic (exact) mass is 272 g/mol. The van der Waals surface area contributed by atoms with Gasteiger partial charge in [0.25, 0.3) is 5.91 Å². The molecule has 2 aliphatic heterocycles. The fourth-order valence-corrected chi connectivity index (χ4v) is 3.71. The lowest BCUT2D eigenvalue weighted by Gasteiger charge is -2.30. The molecule has 0 saturated carbocycles. The molecule has 1 amide bonds. The molecule has 2 aliphatic rings. The Balaban J connectivity index is 1.94. The third kappa shape index (κ3) is 2.24. The topological polar surface area (TPSA) is 32.3 Å². The van der Waals surface area contributed by atoms with E-state index in [2.05, 4.69) is 30.1 Å². The summed E-state index contributed by atoms with van der Waals surface area (Å²) < 4.78 is 0. The van der Waals surface area contributed by atoms with Crippen LogP contribution in [0.5, 0.6) is 0 Å². The van der Waals surface area contributed by atoms with Crippen molar-refractivity contribution >= 4 is 5.91 Å². The number of likely N-dealkylation sites (tertiary alicyclic amines) is 1. The molecule has 20 heavy (non-hydrogen) atoms. The fraction of sp³-hybridized carbons (Fsp3) is 0.588. The molecule has 2 heterocycles. The Bertz CT molecular complexity index is 512. The third-order valence-corrected chi connectivity index (χ3v) is 4.86. The van der Waals surface area contributed by atoms with Gasteiger partial charge in [-0.1, -0.05) is 19.1 Å². The summed E-state index contributed by atoms with van der Waals surface area (Å²) in [6, 6.07) is 6.99. The van der Waals surface area contributed by atoms with E-state index in [1.54, 1.807) is 0 Å². The second-order valence-electron chi connectivity index (χ2n) is 6.07. The first-order valence-corrected chi connectivity index (χ1v) is 7.86. The number of nitrogens with one attached hydrogen (secondary N) is 1. The molecular weight excluding hydrogens is 248 g/mol. The van der Waals surface area contributed by atoms with E-state index in [0.717, 1.165) is 44.3 Å². The van der Waals surface area contributed by atoms with E-state index >= 15 is 0 Å². The normalized spacial score (nSPS) is 25.6. The molecule has 1 N–H and O–H groups in total. The highest BCUT2D eigenvalue weighted by Gasteiger charge is 2.34. The molecule has 108 valence electrons. The van der Waals surface area contributed by atoms with E-state index in [4.69, 9.17) is 0 Å². The highest BCUT2D eigenvalue weighted by Crippen LogP contribution is 2.29. The van der Waals surface area contributed by atoms with Gasteiger partial charge in [0, 0.05) is 24.2 Å². The van der Waals surface area contributed by atoms with Crippen molar-refractivity contribution in [1.82, 2.24) is 10.2 Å². The average molecular weight is 272 g/mol. The maximum absolute atomic E-state index is 13.0. The maximum Gasteiger partial charge on any atom is 0.254 e. The van der Waals surface area contributed by atoms with Crippen molar-refractivity contribution in [3.63, 3.8) is 0 Å². The Hall–Kier alpha value is -1.35. The molecule has 3 rings (SSSR count). The molecule has 0 bridgehead atoms. The van der Waals surface area contributed by atoms with Crippen molar-refractivity contribution in [3.8, 4) is 0 Å². The van der Waals surface area contributed by atoms with Gasteiger partial charge in [-0.3, -0.25) is 4.79 Å². The van der Waals surface area contributed by atoms with Crippen molar-refractivity contribution in [1.29, 1.82) is 0 Å². The van der Waals surface area contributed by atoms with Crippen LogP contribution in [-0.2, 0) is 13.0 Å². The second-order valence-corrected chi connectivity index (χ2v) is 6.07. The predicted molar refractivity (Wildman–Crippen MR) is 80.8 cm³/mol. The summed E-state index contributed by atoms with van der Waals surface area (Å²) in [6.45, 7) is 6.24. The van der Waals surface area contributed by atoms with Crippen molar-refractivity contribution < 1.29 is 4.79 Å². The zero-order chi connectivity index (χ0) is 14.1. The molecule has 1 saturated heterocycles. The largest absolute Gasteiger partial charge is 0.333 e. The van der Waals surface area contributed by atoms with Crippen LogP contribution in [0.2, 0.25) is 0 Å². The number of hydrogen-bond acceptors (Lipinski definition) is 2. The van der Waals surface area contributed by atoms with Crippen LogP contribution in [0.3, 0.4) is 0 Å². The third-order valence-electron chi connectivity index (χ3n) is 4.86.